The highest BCUT2D eigenvalue weighted by molar-refractivity contribution is 5.96. The van der Waals surface area contributed by atoms with Gasteiger partial charge in [-0.2, -0.15) is 0 Å². The standard InChI is InChI=1S/C17H25N3O4/c1-13(12-19-8-4-3-5-9-19)11-18-16-7-6-14(20(22)23)10-15(16)17(21)24-2/h6-7,10,13,18H,3-5,8-9,11-12H2,1-2H3. The summed E-state index contributed by atoms with van der Waals surface area (Å²) in [5, 5.41) is 14.1. The first-order valence-electron chi connectivity index (χ1n) is 8.34. The second-order valence-electron chi connectivity index (χ2n) is 6.33. The van der Waals surface area contributed by atoms with Gasteiger partial charge in [0.05, 0.1) is 17.6 Å². The molecule has 1 unspecified atom stereocenters. The van der Waals surface area contributed by atoms with Crippen LogP contribution in [0.1, 0.15) is 36.5 Å². The van der Waals surface area contributed by atoms with Crippen LogP contribution in [0, 0.1) is 16.0 Å². The number of hydrogen-bond acceptors (Lipinski definition) is 6. The Balaban J connectivity index is 1.99. The second-order valence-corrected chi connectivity index (χ2v) is 6.33. The molecule has 0 bridgehead atoms. The molecule has 0 amide bonds. The van der Waals surface area contributed by atoms with Gasteiger partial charge in [0.15, 0.2) is 0 Å². The number of carbonyl (C=O) groups is 1. The van der Waals surface area contributed by atoms with E-state index in [1.54, 1.807) is 6.07 Å². The van der Waals surface area contributed by atoms with E-state index in [-0.39, 0.29) is 11.3 Å². The average molecular weight is 335 g/mol. The van der Waals surface area contributed by atoms with Crippen molar-refractivity contribution in [1.82, 2.24) is 4.90 Å². The third-order valence-electron chi connectivity index (χ3n) is 4.28. The molecule has 1 heterocycles. The molecule has 1 aromatic rings. The summed E-state index contributed by atoms with van der Waals surface area (Å²) in [6, 6.07) is 4.21. The molecule has 0 saturated carbocycles. The van der Waals surface area contributed by atoms with Crippen LogP contribution in [0.3, 0.4) is 0 Å². The van der Waals surface area contributed by atoms with Crippen molar-refractivity contribution in [3.05, 3.63) is 33.9 Å². The van der Waals surface area contributed by atoms with E-state index in [1.807, 2.05) is 0 Å². The molecule has 2 rings (SSSR count). The van der Waals surface area contributed by atoms with Gasteiger partial charge in [-0.3, -0.25) is 10.1 Å². The predicted molar refractivity (Wildman–Crippen MR) is 92.4 cm³/mol. The number of non-ortho nitro benzene ring substituents is 1. The van der Waals surface area contributed by atoms with Crippen LogP contribution in [0.5, 0.6) is 0 Å². The van der Waals surface area contributed by atoms with Gasteiger partial charge in [-0.1, -0.05) is 13.3 Å². The first-order chi connectivity index (χ1) is 11.5. The molecule has 1 N–H and O–H groups in total. The molecule has 0 spiro atoms. The van der Waals surface area contributed by atoms with Crippen LogP contribution in [0.25, 0.3) is 0 Å². The lowest BCUT2D eigenvalue weighted by Gasteiger charge is -2.29. The number of methoxy groups -OCH3 is 1. The smallest absolute Gasteiger partial charge is 0.340 e. The first kappa shape index (κ1) is 18.2. The number of nitro groups is 1. The molecule has 0 aromatic heterocycles. The molecule has 24 heavy (non-hydrogen) atoms. The molecule has 1 atom stereocenters. The number of rotatable bonds is 7. The summed E-state index contributed by atoms with van der Waals surface area (Å²) in [6.45, 7) is 6.15. The Labute approximate surface area is 142 Å². The minimum Gasteiger partial charge on any atom is -0.465 e. The number of hydrogen-bond donors (Lipinski definition) is 1. The van der Waals surface area contributed by atoms with E-state index in [1.165, 1.54) is 38.5 Å². The Bertz CT molecular complexity index is 585. The number of anilines is 1. The highest BCUT2D eigenvalue weighted by Crippen LogP contribution is 2.23. The number of likely N-dealkylation sites (tertiary alicyclic amines) is 1. The molecule has 1 fully saturated rings. The molecule has 7 nitrogen and oxygen atoms in total. The summed E-state index contributed by atoms with van der Waals surface area (Å²) >= 11 is 0. The van der Waals surface area contributed by atoms with Gasteiger partial charge in [-0.25, -0.2) is 4.79 Å². The topological polar surface area (TPSA) is 84.7 Å². The van der Waals surface area contributed by atoms with Crippen LogP contribution >= 0.6 is 0 Å². The van der Waals surface area contributed by atoms with Crippen molar-refractivity contribution >= 4 is 17.3 Å². The Kier molecular flexibility index (Phi) is 6.54. The molecule has 132 valence electrons. The number of ether oxygens (including phenoxy) is 1. The maximum atomic E-state index is 11.9. The van der Waals surface area contributed by atoms with Crippen molar-refractivity contribution in [2.75, 3.05) is 38.6 Å². The normalized spacial score (nSPS) is 16.4. The minimum atomic E-state index is -0.579. The van der Waals surface area contributed by atoms with Gasteiger partial charge in [0, 0.05) is 30.9 Å². The van der Waals surface area contributed by atoms with Gasteiger partial charge in [0.2, 0.25) is 0 Å². The van der Waals surface area contributed by atoms with E-state index >= 15 is 0 Å². The van der Waals surface area contributed by atoms with Gasteiger partial charge in [-0.15, -0.1) is 0 Å². The Morgan fingerprint density at radius 2 is 2.08 bits per heavy atom. The summed E-state index contributed by atoms with van der Waals surface area (Å²) in [5.74, 6) is -0.173. The molecular weight excluding hydrogens is 310 g/mol. The van der Waals surface area contributed by atoms with E-state index in [2.05, 4.69) is 17.1 Å². The summed E-state index contributed by atoms with van der Waals surface area (Å²) < 4.78 is 4.73. The van der Waals surface area contributed by atoms with Crippen LogP contribution < -0.4 is 5.32 Å². The number of benzene rings is 1. The highest BCUT2D eigenvalue weighted by atomic mass is 16.6. The molecule has 0 aliphatic carbocycles. The molecule has 1 aliphatic heterocycles. The Morgan fingerprint density at radius 3 is 2.71 bits per heavy atom. The van der Waals surface area contributed by atoms with Crippen LogP contribution in [0.15, 0.2) is 18.2 Å². The highest BCUT2D eigenvalue weighted by Gasteiger charge is 2.18. The van der Waals surface area contributed by atoms with E-state index in [4.69, 9.17) is 4.74 Å². The van der Waals surface area contributed by atoms with Crippen LogP contribution in [0.4, 0.5) is 11.4 Å². The van der Waals surface area contributed by atoms with Gasteiger partial charge in [-0.05, 0) is 37.9 Å². The van der Waals surface area contributed by atoms with Crippen molar-refractivity contribution in [2.45, 2.75) is 26.2 Å². The zero-order chi connectivity index (χ0) is 17.5. The van der Waals surface area contributed by atoms with E-state index in [9.17, 15) is 14.9 Å². The molecular formula is C17H25N3O4. The van der Waals surface area contributed by atoms with Gasteiger partial charge in [0.25, 0.3) is 5.69 Å². The van der Waals surface area contributed by atoms with Gasteiger partial charge < -0.3 is 15.0 Å². The second kappa shape index (κ2) is 8.63. The third-order valence-corrected chi connectivity index (χ3v) is 4.28. The zero-order valence-corrected chi connectivity index (χ0v) is 14.3. The largest absolute Gasteiger partial charge is 0.465 e. The summed E-state index contributed by atoms with van der Waals surface area (Å²) in [5.41, 5.74) is 0.636. The number of nitrogens with one attached hydrogen (secondary N) is 1. The van der Waals surface area contributed by atoms with Crippen molar-refractivity contribution in [1.29, 1.82) is 0 Å². The monoisotopic (exact) mass is 335 g/mol. The summed E-state index contributed by atoms with van der Waals surface area (Å²) in [6.07, 6.45) is 3.83. The summed E-state index contributed by atoms with van der Waals surface area (Å²) in [4.78, 5) is 24.7. The maximum absolute atomic E-state index is 11.9. The third kappa shape index (κ3) is 4.92. The molecule has 1 aromatic carbocycles. The SMILES string of the molecule is COC(=O)c1cc([N+](=O)[O-])ccc1NCC(C)CN1CCCCC1. The van der Waals surface area contributed by atoms with Crippen molar-refractivity contribution in [2.24, 2.45) is 5.92 Å². The number of esters is 1. The summed E-state index contributed by atoms with van der Waals surface area (Å²) in [7, 11) is 1.27. The number of carbonyl (C=O) groups excluding carboxylic acids is 1. The first-order valence-corrected chi connectivity index (χ1v) is 8.34. The van der Waals surface area contributed by atoms with Crippen molar-refractivity contribution < 1.29 is 14.5 Å². The van der Waals surface area contributed by atoms with Gasteiger partial charge >= 0.3 is 5.97 Å². The number of piperidine rings is 1. The minimum absolute atomic E-state index is 0.123. The van der Waals surface area contributed by atoms with Crippen molar-refractivity contribution in [3.63, 3.8) is 0 Å². The van der Waals surface area contributed by atoms with Crippen LogP contribution in [0.2, 0.25) is 0 Å². The molecule has 7 heteroatoms. The quantitative estimate of drug-likeness (QED) is 0.468. The Morgan fingerprint density at radius 1 is 1.38 bits per heavy atom. The van der Waals surface area contributed by atoms with E-state index < -0.39 is 10.9 Å². The average Bonchev–Trinajstić information content (AvgIpc) is 2.60. The molecule has 0 radical (unpaired) electrons. The molecule has 1 saturated heterocycles. The van der Waals surface area contributed by atoms with Crippen LogP contribution in [-0.2, 0) is 4.74 Å². The predicted octanol–water partition coefficient (Wildman–Crippen LogP) is 2.92. The fourth-order valence-corrected chi connectivity index (χ4v) is 3.01. The van der Waals surface area contributed by atoms with E-state index in [0.717, 1.165) is 19.6 Å². The fourth-order valence-electron chi connectivity index (χ4n) is 3.01. The maximum Gasteiger partial charge on any atom is 0.340 e. The fraction of sp³-hybridized carbons (Fsp3) is 0.588. The lowest BCUT2D eigenvalue weighted by atomic mass is 10.1. The lowest BCUT2D eigenvalue weighted by molar-refractivity contribution is -0.384. The van der Waals surface area contributed by atoms with E-state index in [0.29, 0.717) is 18.2 Å². The lowest BCUT2D eigenvalue weighted by Crippen LogP contribution is -2.35. The molecule has 1 aliphatic rings. The van der Waals surface area contributed by atoms with Crippen LogP contribution in [-0.4, -0.2) is 49.1 Å². The van der Waals surface area contributed by atoms with Crippen molar-refractivity contribution in [3.8, 4) is 0 Å². The Hall–Kier alpha value is -2.15. The number of nitrogens with zero attached hydrogens (tertiary/aromatic N) is 2. The zero-order valence-electron chi connectivity index (χ0n) is 14.3. The number of nitro benzene ring substituents is 1. The van der Waals surface area contributed by atoms with Gasteiger partial charge in [0.1, 0.15) is 0 Å².